The zero-order valence-corrected chi connectivity index (χ0v) is 22.3. The molecule has 1 aromatic carbocycles. The third-order valence-corrected chi connectivity index (χ3v) is 8.48. The summed E-state index contributed by atoms with van der Waals surface area (Å²) in [6.07, 6.45) is 23.0. The third-order valence-electron chi connectivity index (χ3n) is 8.48. The average molecular weight is 467 g/mol. The Bertz CT molecular complexity index is 739. The Kier molecular flexibility index (Phi) is 11.7. The van der Waals surface area contributed by atoms with Crippen LogP contribution in [0.15, 0.2) is 30.3 Å². The van der Waals surface area contributed by atoms with Gasteiger partial charge in [-0.15, -0.1) is 0 Å². The van der Waals surface area contributed by atoms with Crippen molar-refractivity contribution in [1.29, 1.82) is 0 Å². The van der Waals surface area contributed by atoms with Crippen molar-refractivity contribution in [2.45, 2.75) is 130 Å². The largest absolute Gasteiger partial charge is 0.459 e. The van der Waals surface area contributed by atoms with E-state index in [1.54, 1.807) is 0 Å². The molecule has 3 rings (SSSR count). The maximum atomic E-state index is 12.7. The van der Waals surface area contributed by atoms with Crippen molar-refractivity contribution < 1.29 is 9.53 Å². The van der Waals surface area contributed by atoms with Crippen molar-refractivity contribution in [3.8, 4) is 0 Å². The lowest BCUT2D eigenvalue weighted by atomic mass is 9.81. The molecule has 0 heterocycles. The summed E-state index contributed by atoms with van der Waals surface area (Å²) >= 11 is 0. The van der Waals surface area contributed by atoms with Crippen LogP contribution in [0, 0.1) is 17.8 Å². The summed E-state index contributed by atoms with van der Waals surface area (Å²) in [6.45, 7) is 6.95. The number of ether oxygens (including phenoxy) is 1. The first kappa shape index (κ1) is 27.0. The topological polar surface area (TPSA) is 26.3 Å². The fourth-order valence-electron chi connectivity index (χ4n) is 5.89. The van der Waals surface area contributed by atoms with Gasteiger partial charge in [-0.2, -0.15) is 0 Å². The van der Waals surface area contributed by atoms with Gasteiger partial charge in [-0.25, -0.2) is 4.79 Å². The summed E-state index contributed by atoms with van der Waals surface area (Å²) in [6, 6.07) is 8.17. The van der Waals surface area contributed by atoms with E-state index in [4.69, 9.17) is 4.74 Å². The fraction of sp³-hybridized carbons (Fsp3) is 0.719. The molecule has 190 valence electrons. The van der Waals surface area contributed by atoms with E-state index >= 15 is 0 Å². The lowest BCUT2D eigenvalue weighted by Gasteiger charge is -2.28. The van der Waals surface area contributed by atoms with Gasteiger partial charge in [0.15, 0.2) is 0 Å². The second kappa shape index (κ2) is 14.7. The molecule has 34 heavy (non-hydrogen) atoms. The molecule has 0 N–H and O–H groups in total. The van der Waals surface area contributed by atoms with E-state index in [1.165, 1.54) is 94.6 Å². The summed E-state index contributed by atoms with van der Waals surface area (Å²) in [4.78, 5) is 12.7. The minimum Gasteiger partial charge on any atom is -0.459 e. The van der Waals surface area contributed by atoms with Gasteiger partial charge in [0.05, 0.1) is 5.56 Å². The maximum Gasteiger partial charge on any atom is 0.338 e. The van der Waals surface area contributed by atoms with Gasteiger partial charge >= 0.3 is 5.97 Å². The van der Waals surface area contributed by atoms with Crippen molar-refractivity contribution in [2.24, 2.45) is 17.8 Å². The standard InChI is InChI=1S/C32H50O2/c1-4-6-7-8-9-10-11-26-14-22-31(23-15-26)34-32(33)30-20-18-29(19-21-30)28-16-12-27(13-17-28)24-25(3)5-2/h16,18-21,25-27,31H,4-15,17,22-24H2,1-3H3/t25?,26-,27?,31-. The number of carbonyl (C=O) groups excluding carboxylic acids is 1. The first-order valence-corrected chi connectivity index (χ1v) is 14.6. The van der Waals surface area contributed by atoms with Crippen LogP contribution in [-0.2, 0) is 4.74 Å². The first-order chi connectivity index (χ1) is 16.6. The summed E-state index contributed by atoms with van der Waals surface area (Å²) in [5.41, 5.74) is 3.42. The molecule has 0 radical (unpaired) electrons. The SMILES string of the molecule is CCCCCCCC[C@H]1CC[C@H](OC(=O)c2ccc(C3=CCC(CC(C)CC)CC3)cc2)CC1. The van der Waals surface area contributed by atoms with Crippen LogP contribution >= 0.6 is 0 Å². The van der Waals surface area contributed by atoms with Gasteiger partial charge in [0.25, 0.3) is 0 Å². The summed E-state index contributed by atoms with van der Waals surface area (Å²) in [7, 11) is 0. The van der Waals surface area contributed by atoms with Crippen LogP contribution in [0.25, 0.3) is 5.57 Å². The lowest BCUT2D eigenvalue weighted by Crippen LogP contribution is -2.24. The highest BCUT2D eigenvalue weighted by atomic mass is 16.5. The molecular weight excluding hydrogens is 416 g/mol. The highest BCUT2D eigenvalue weighted by Gasteiger charge is 2.24. The van der Waals surface area contributed by atoms with Gasteiger partial charge in [0.2, 0.25) is 0 Å². The molecule has 0 aromatic heterocycles. The Morgan fingerprint density at radius 1 is 0.912 bits per heavy atom. The minimum absolute atomic E-state index is 0.108. The number of unbranched alkanes of at least 4 members (excludes halogenated alkanes) is 5. The molecule has 1 fully saturated rings. The number of hydrogen-bond donors (Lipinski definition) is 0. The molecule has 2 aliphatic carbocycles. The third kappa shape index (κ3) is 8.90. The van der Waals surface area contributed by atoms with Gasteiger partial charge < -0.3 is 4.74 Å². The molecule has 0 saturated heterocycles. The van der Waals surface area contributed by atoms with Crippen LogP contribution in [0.3, 0.4) is 0 Å². The second-order valence-corrected chi connectivity index (χ2v) is 11.3. The van der Waals surface area contributed by atoms with Crippen LogP contribution in [0.4, 0.5) is 0 Å². The Balaban J connectivity index is 1.37. The zero-order valence-electron chi connectivity index (χ0n) is 22.3. The van der Waals surface area contributed by atoms with E-state index < -0.39 is 0 Å². The predicted octanol–water partition coefficient (Wildman–Crippen LogP) is 9.77. The Morgan fingerprint density at radius 3 is 2.26 bits per heavy atom. The van der Waals surface area contributed by atoms with E-state index in [1.807, 2.05) is 12.1 Å². The number of rotatable bonds is 13. The average Bonchev–Trinajstić information content (AvgIpc) is 2.87. The van der Waals surface area contributed by atoms with Crippen LogP contribution in [0.5, 0.6) is 0 Å². The van der Waals surface area contributed by atoms with Crippen molar-refractivity contribution in [3.63, 3.8) is 0 Å². The van der Waals surface area contributed by atoms with E-state index in [9.17, 15) is 4.79 Å². The highest BCUT2D eigenvalue weighted by molar-refractivity contribution is 5.90. The number of carbonyl (C=O) groups is 1. The van der Waals surface area contributed by atoms with E-state index in [0.717, 1.165) is 37.0 Å². The predicted molar refractivity (Wildman–Crippen MR) is 145 cm³/mol. The van der Waals surface area contributed by atoms with Gasteiger partial charge in [-0.1, -0.05) is 90.3 Å². The lowest BCUT2D eigenvalue weighted by molar-refractivity contribution is 0.0161. The van der Waals surface area contributed by atoms with Gasteiger partial charge in [-0.05, 0) is 92.4 Å². The Hall–Kier alpha value is -1.57. The van der Waals surface area contributed by atoms with E-state index in [-0.39, 0.29) is 12.1 Å². The second-order valence-electron chi connectivity index (χ2n) is 11.3. The first-order valence-electron chi connectivity index (χ1n) is 14.6. The number of benzene rings is 1. The molecule has 0 spiro atoms. The molecule has 2 heteroatoms. The van der Waals surface area contributed by atoms with Crippen LogP contribution < -0.4 is 0 Å². The number of esters is 1. The van der Waals surface area contributed by atoms with Crippen molar-refractivity contribution in [1.82, 2.24) is 0 Å². The molecule has 0 amide bonds. The quantitative estimate of drug-likeness (QED) is 0.213. The molecule has 0 aliphatic heterocycles. The van der Waals surface area contributed by atoms with Crippen LogP contribution in [-0.4, -0.2) is 12.1 Å². The van der Waals surface area contributed by atoms with Gasteiger partial charge in [0, 0.05) is 0 Å². The van der Waals surface area contributed by atoms with E-state index in [2.05, 4.69) is 39.0 Å². The van der Waals surface area contributed by atoms with E-state index in [0.29, 0.717) is 5.56 Å². The van der Waals surface area contributed by atoms with Crippen LogP contribution in [0.2, 0.25) is 0 Å². The number of allylic oxidation sites excluding steroid dienone is 2. The fourth-order valence-corrected chi connectivity index (χ4v) is 5.89. The molecule has 2 nitrogen and oxygen atoms in total. The molecule has 0 bridgehead atoms. The molecule has 1 aromatic rings. The Morgan fingerprint density at radius 2 is 1.62 bits per heavy atom. The highest BCUT2D eigenvalue weighted by Crippen LogP contribution is 2.34. The van der Waals surface area contributed by atoms with Crippen LogP contribution in [0.1, 0.15) is 139 Å². The Labute approximate surface area is 209 Å². The van der Waals surface area contributed by atoms with Crippen molar-refractivity contribution in [2.75, 3.05) is 0 Å². The summed E-state index contributed by atoms with van der Waals surface area (Å²) in [5.74, 6) is 2.38. The summed E-state index contributed by atoms with van der Waals surface area (Å²) in [5, 5.41) is 0. The molecule has 2 atom stereocenters. The monoisotopic (exact) mass is 466 g/mol. The van der Waals surface area contributed by atoms with Gasteiger partial charge in [-0.3, -0.25) is 0 Å². The maximum absolute atomic E-state index is 12.7. The summed E-state index contributed by atoms with van der Waals surface area (Å²) < 4.78 is 5.89. The van der Waals surface area contributed by atoms with Gasteiger partial charge in [0.1, 0.15) is 6.10 Å². The van der Waals surface area contributed by atoms with Crippen molar-refractivity contribution in [3.05, 3.63) is 41.5 Å². The zero-order chi connectivity index (χ0) is 24.2. The normalized spacial score (nSPS) is 23.9. The molecule has 2 unspecified atom stereocenters. The molecule has 1 saturated carbocycles. The van der Waals surface area contributed by atoms with Crippen molar-refractivity contribution >= 4 is 11.5 Å². The molecular formula is C32H50O2. The minimum atomic E-state index is -0.142. The number of hydrogen-bond acceptors (Lipinski definition) is 2. The smallest absolute Gasteiger partial charge is 0.338 e. The molecule has 2 aliphatic rings.